The van der Waals surface area contributed by atoms with E-state index in [0.29, 0.717) is 40.6 Å². The molecule has 0 aliphatic carbocycles. The molecule has 1 fully saturated rings. The summed E-state index contributed by atoms with van der Waals surface area (Å²) in [4.78, 5) is 7.89. The van der Waals surface area contributed by atoms with E-state index in [1.54, 1.807) is 6.92 Å². The lowest BCUT2D eigenvalue weighted by Gasteiger charge is -2.32. The van der Waals surface area contributed by atoms with Gasteiger partial charge in [-0.3, -0.25) is 0 Å². The summed E-state index contributed by atoms with van der Waals surface area (Å²) in [6.45, 7) is 2.15. The van der Waals surface area contributed by atoms with Gasteiger partial charge in [-0.2, -0.15) is 9.40 Å². The van der Waals surface area contributed by atoms with Crippen molar-refractivity contribution in [1.29, 1.82) is 0 Å². The highest BCUT2D eigenvalue weighted by Gasteiger charge is 2.34. The average molecular weight is 411 g/mol. The molecule has 4 heterocycles. The van der Waals surface area contributed by atoms with Crippen molar-refractivity contribution in [2.75, 3.05) is 13.1 Å². The Morgan fingerprint density at radius 3 is 2.54 bits per heavy atom. The van der Waals surface area contributed by atoms with Crippen LogP contribution in [-0.2, 0) is 10.0 Å². The van der Waals surface area contributed by atoms with Gasteiger partial charge in [-0.15, -0.1) is 0 Å². The molecule has 1 saturated heterocycles. The fourth-order valence-corrected chi connectivity index (χ4v) is 5.20. The third kappa shape index (κ3) is 3.07. The predicted molar refractivity (Wildman–Crippen MR) is 106 cm³/mol. The average Bonchev–Trinajstić information content (AvgIpc) is 3.27. The third-order valence-electron chi connectivity index (χ3n) is 4.90. The molecule has 0 bridgehead atoms. The molecule has 1 aliphatic heterocycles. The molecule has 0 amide bonds. The van der Waals surface area contributed by atoms with E-state index in [-0.39, 0.29) is 35.3 Å². The fourth-order valence-electron chi connectivity index (χ4n) is 3.50. The van der Waals surface area contributed by atoms with Gasteiger partial charge in [0.2, 0.25) is 0 Å². The number of sulfonamides is 1. The van der Waals surface area contributed by atoms with Crippen LogP contribution in [0.15, 0.2) is 15.7 Å². The van der Waals surface area contributed by atoms with Crippen LogP contribution in [0.25, 0.3) is 5.65 Å². The Morgan fingerprint density at radius 2 is 1.93 bits per heavy atom. The lowest BCUT2D eigenvalue weighted by molar-refractivity contribution is 0.308. The lowest BCUT2D eigenvalue weighted by Crippen LogP contribution is -2.39. The van der Waals surface area contributed by atoms with Crippen LogP contribution in [0.1, 0.15) is 30.2 Å². The second kappa shape index (κ2) is 6.93. The summed E-state index contributed by atoms with van der Waals surface area (Å²) >= 11 is 6.46. The maximum atomic E-state index is 12.7. The topological polar surface area (TPSA) is 93.6 Å². The Morgan fingerprint density at radius 1 is 1.25 bits per heavy atom. The summed E-state index contributed by atoms with van der Waals surface area (Å²) in [5, 5.41) is 4.19. The fraction of sp³-hybridized carbons (Fsp3) is 0.400. The number of fused-ring (bicyclic) bond motifs is 1. The molecule has 0 atom stereocenters. The molecule has 0 spiro atoms. The quantitative estimate of drug-likeness (QED) is 0.494. The highest BCUT2D eigenvalue weighted by molar-refractivity contribution is 7.89. The minimum Gasteiger partial charge on any atom is -0.428 e. The maximum Gasteiger partial charge on any atom is 0.278 e. The van der Waals surface area contributed by atoms with E-state index in [4.69, 9.17) is 39.6 Å². The summed E-state index contributed by atoms with van der Waals surface area (Å²) in [6, 6.07) is 0. The van der Waals surface area contributed by atoms with Crippen molar-refractivity contribution in [2.45, 2.75) is 30.8 Å². The first-order valence-electron chi connectivity index (χ1n) is 8.51. The van der Waals surface area contributed by atoms with Gasteiger partial charge < -0.3 is 4.42 Å². The predicted octanol–water partition coefficient (Wildman–Crippen LogP) is -1.37. The molecule has 138 valence electrons. The Hall–Kier alpha value is -1.78. The first-order valence-corrected chi connectivity index (χ1v) is 10.3. The van der Waals surface area contributed by atoms with E-state index in [1.165, 1.54) is 15.0 Å². The van der Waals surface area contributed by atoms with E-state index in [0.717, 1.165) is 0 Å². The lowest BCUT2D eigenvalue weighted by atomic mass is 9.80. The number of aromatic nitrogens is 4. The molecular formula is C15H13B3ClN5O3S. The van der Waals surface area contributed by atoms with Crippen LogP contribution >= 0.6 is 11.6 Å². The van der Waals surface area contributed by atoms with Crippen molar-refractivity contribution >= 4 is 67.6 Å². The highest BCUT2D eigenvalue weighted by Crippen LogP contribution is 2.33. The number of piperidine rings is 1. The van der Waals surface area contributed by atoms with Gasteiger partial charge in [-0.05, 0) is 35.4 Å². The molecule has 0 N–H and O–H groups in total. The van der Waals surface area contributed by atoms with Gasteiger partial charge in [0, 0.05) is 25.0 Å². The number of hydrogen-bond acceptors (Lipinski definition) is 6. The van der Waals surface area contributed by atoms with Crippen molar-refractivity contribution in [3.05, 3.63) is 22.7 Å². The monoisotopic (exact) mass is 411 g/mol. The minimum atomic E-state index is -3.74. The second-order valence-electron chi connectivity index (χ2n) is 6.61. The number of oxazole rings is 1. The van der Waals surface area contributed by atoms with E-state index < -0.39 is 10.0 Å². The highest BCUT2D eigenvalue weighted by atomic mass is 35.5. The van der Waals surface area contributed by atoms with Crippen LogP contribution in [0, 0.1) is 6.92 Å². The SMILES string of the molecule is [B]c1nc2c([B])c(Cl)c(C3CCN(S(=O)(=O)c4cnc(C)o4)CC3)c([B])n2n1. The van der Waals surface area contributed by atoms with Crippen LogP contribution in [0.5, 0.6) is 0 Å². The molecular weight excluding hydrogens is 398 g/mol. The van der Waals surface area contributed by atoms with Gasteiger partial charge in [0.25, 0.3) is 15.1 Å². The molecule has 1 aliphatic rings. The van der Waals surface area contributed by atoms with Crippen LogP contribution in [0.2, 0.25) is 5.02 Å². The molecule has 8 nitrogen and oxygen atoms in total. The van der Waals surface area contributed by atoms with E-state index in [2.05, 4.69) is 15.1 Å². The summed E-state index contributed by atoms with van der Waals surface area (Å²) in [7, 11) is 14.3. The van der Waals surface area contributed by atoms with Gasteiger partial charge in [0.05, 0.1) is 11.9 Å². The van der Waals surface area contributed by atoms with E-state index >= 15 is 0 Å². The van der Waals surface area contributed by atoms with Crippen molar-refractivity contribution in [2.24, 2.45) is 0 Å². The van der Waals surface area contributed by atoms with Crippen molar-refractivity contribution in [1.82, 2.24) is 23.9 Å². The standard InChI is InChI=1S/C15H13B3ClN5O3S/c1-7-20-6-9(27-7)28(25,26)23-4-2-8(3-5-23)10-12(19)11(16)14-21-15(18)22-24(14)13(10)17/h6,8H,2-5H2,1H3. The molecule has 3 aromatic heterocycles. The maximum absolute atomic E-state index is 12.7. The Labute approximate surface area is 170 Å². The third-order valence-corrected chi connectivity index (χ3v) is 7.05. The van der Waals surface area contributed by atoms with Crippen molar-refractivity contribution in [3.8, 4) is 0 Å². The van der Waals surface area contributed by atoms with Crippen LogP contribution < -0.4 is 16.8 Å². The normalized spacial score (nSPS) is 16.8. The number of halogens is 1. The Kier molecular flexibility index (Phi) is 4.83. The van der Waals surface area contributed by atoms with Gasteiger partial charge in [-0.1, -0.05) is 11.6 Å². The molecule has 0 saturated carbocycles. The zero-order valence-electron chi connectivity index (χ0n) is 15.0. The molecule has 3 aromatic rings. The first kappa shape index (κ1) is 19.5. The smallest absolute Gasteiger partial charge is 0.278 e. The number of rotatable bonds is 3. The summed E-state index contributed by atoms with van der Waals surface area (Å²) in [5.41, 5.74) is 1.50. The Balaban J connectivity index is 1.62. The largest absolute Gasteiger partial charge is 0.428 e. The van der Waals surface area contributed by atoms with Gasteiger partial charge in [-0.25, -0.2) is 22.9 Å². The van der Waals surface area contributed by atoms with Crippen LogP contribution in [0.3, 0.4) is 0 Å². The number of aryl methyl sites for hydroxylation is 1. The number of pyridine rings is 1. The summed E-state index contributed by atoms with van der Waals surface area (Å²) < 4.78 is 33.3. The molecule has 28 heavy (non-hydrogen) atoms. The van der Waals surface area contributed by atoms with E-state index in [9.17, 15) is 8.42 Å². The zero-order chi connectivity index (χ0) is 20.2. The first-order chi connectivity index (χ1) is 13.2. The van der Waals surface area contributed by atoms with Crippen molar-refractivity contribution < 1.29 is 12.8 Å². The Bertz CT molecular complexity index is 1170. The molecule has 0 unspecified atom stereocenters. The minimum absolute atomic E-state index is 0.0369. The number of nitrogens with zero attached hydrogens (tertiary/aromatic N) is 5. The molecule has 13 heteroatoms. The number of hydrogen-bond donors (Lipinski definition) is 0. The van der Waals surface area contributed by atoms with Crippen LogP contribution in [0.4, 0.5) is 0 Å². The summed E-state index contributed by atoms with van der Waals surface area (Å²) in [6.07, 6.45) is 2.23. The molecule has 4 rings (SSSR count). The van der Waals surface area contributed by atoms with Gasteiger partial charge in [0.15, 0.2) is 13.7 Å². The zero-order valence-corrected chi connectivity index (χ0v) is 16.5. The van der Waals surface area contributed by atoms with Gasteiger partial charge >= 0.3 is 0 Å². The van der Waals surface area contributed by atoms with E-state index in [1.807, 2.05) is 0 Å². The van der Waals surface area contributed by atoms with Crippen LogP contribution in [-0.4, -0.2) is 68.9 Å². The molecule has 0 aromatic carbocycles. The van der Waals surface area contributed by atoms with Gasteiger partial charge in [0.1, 0.15) is 21.3 Å². The van der Waals surface area contributed by atoms with Crippen molar-refractivity contribution in [3.63, 3.8) is 0 Å². The molecule has 6 radical (unpaired) electrons. The summed E-state index contributed by atoms with van der Waals surface area (Å²) in [5.74, 6) is 0.205. The second-order valence-corrected chi connectivity index (χ2v) is 8.86.